The fraction of sp³-hybridized carbons (Fsp3) is 0.188. The standard InChI is InChI=1S/C16H16O6/c1-9(2)15(19)21-8-11-5-6-12(14(17)18)13(7-11)22-16(20)10(3)4/h5-7H,1,3,8H2,2,4H3,(H,17,18). The summed E-state index contributed by atoms with van der Waals surface area (Å²) in [4.78, 5) is 34.0. The van der Waals surface area contributed by atoms with Crippen LogP contribution in [0.3, 0.4) is 0 Å². The number of benzene rings is 1. The average Bonchev–Trinajstić information content (AvgIpc) is 2.44. The summed E-state index contributed by atoms with van der Waals surface area (Å²) in [5.74, 6) is -2.68. The number of ether oxygens (including phenoxy) is 2. The lowest BCUT2D eigenvalue weighted by Crippen LogP contribution is -2.12. The van der Waals surface area contributed by atoms with Gasteiger partial charge in [-0.05, 0) is 31.5 Å². The van der Waals surface area contributed by atoms with Gasteiger partial charge in [0, 0.05) is 11.1 Å². The number of carbonyl (C=O) groups is 3. The van der Waals surface area contributed by atoms with Gasteiger partial charge in [0.2, 0.25) is 0 Å². The van der Waals surface area contributed by atoms with E-state index in [2.05, 4.69) is 13.2 Å². The Bertz CT molecular complexity index is 657. The summed E-state index contributed by atoms with van der Waals surface area (Å²) in [6, 6.07) is 4.07. The molecular weight excluding hydrogens is 288 g/mol. The van der Waals surface area contributed by atoms with Gasteiger partial charge in [0.15, 0.2) is 0 Å². The van der Waals surface area contributed by atoms with Gasteiger partial charge in [0.1, 0.15) is 17.9 Å². The number of hydrogen-bond acceptors (Lipinski definition) is 5. The second kappa shape index (κ2) is 7.21. The van der Waals surface area contributed by atoms with Crippen molar-refractivity contribution in [1.82, 2.24) is 0 Å². The highest BCUT2D eigenvalue weighted by Crippen LogP contribution is 2.22. The molecule has 1 aromatic carbocycles. The van der Waals surface area contributed by atoms with E-state index in [1.54, 1.807) is 0 Å². The van der Waals surface area contributed by atoms with Crippen molar-refractivity contribution in [3.63, 3.8) is 0 Å². The molecule has 0 aliphatic heterocycles. The van der Waals surface area contributed by atoms with Crippen LogP contribution < -0.4 is 4.74 Å². The Morgan fingerprint density at radius 2 is 1.68 bits per heavy atom. The van der Waals surface area contributed by atoms with E-state index in [1.165, 1.54) is 32.0 Å². The third kappa shape index (κ3) is 4.59. The fourth-order valence-electron chi connectivity index (χ4n) is 1.38. The van der Waals surface area contributed by atoms with Crippen LogP contribution in [0.5, 0.6) is 5.75 Å². The van der Waals surface area contributed by atoms with Crippen molar-refractivity contribution < 1.29 is 29.0 Å². The van der Waals surface area contributed by atoms with Crippen molar-refractivity contribution in [1.29, 1.82) is 0 Å². The molecule has 0 atom stereocenters. The smallest absolute Gasteiger partial charge is 0.339 e. The van der Waals surface area contributed by atoms with Crippen LogP contribution in [-0.4, -0.2) is 23.0 Å². The van der Waals surface area contributed by atoms with Gasteiger partial charge in [0.25, 0.3) is 0 Å². The van der Waals surface area contributed by atoms with Gasteiger partial charge in [-0.2, -0.15) is 0 Å². The van der Waals surface area contributed by atoms with E-state index in [0.29, 0.717) is 5.56 Å². The molecule has 0 saturated heterocycles. The van der Waals surface area contributed by atoms with Gasteiger partial charge >= 0.3 is 17.9 Å². The fourth-order valence-corrected chi connectivity index (χ4v) is 1.38. The van der Waals surface area contributed by atoms with Gasteiger partial charge in [0.05, 0.1) is 0 Å². The first-order chi connectivity index (χ1) is 10.2. The van der Waals surface area contributed by atoms with Crippen LogP contribution in [0.2, 0.25) is 0 Å². The summed E-state index contributed by atoms with van der Waals surface area (Å²) in [5.41, 5.74) is 0.681. The maximum Gasteiger partial charge on any atom is 0.339 e. The minimum atomic E-state index is -1.24. The van der Waals surface area contributed by atoms with Gasteiger partial charge in [-0.3, -0.25) is 0 Å². The van der Waals surface area contributed by atoms with Crippen molar-refractivity contribution in [3.8, 4) is 5.75 Å². The molecule has 1 N–H and O–H groups in total. The molecule has 0 unspecified atom stereocenters. The molecule has 0 saturated carbocycles. The molecule has 0 aliphatic rings. The molecule has 0 spiro atoms. The number of hydrogen-bond donors (Lipinski definition) is 1. The van der Waals surface area contributed by atoms with Crippen LogP contribution in [0.25, 0.3) is 0 Å². The van der Waals surface area contributed by atoms with E-state index in [1.807, 2.05) is 0 Å². The summed E-state index contributed by atoms with van der Waals surface area (Å²) in [7, 11) is 0. The molecular formula is C16H16O6. The summed E-state index contributed by atoms with van der Waals surface area (Å²) in [6.45, 7) is 9.74. The van der Waals surface area contributed by atoms with Crippen LogP contribution >= 0.6 is 0 Å². The molecule has 6 nitrogen and oxygen atoms in total. The molecule has 6 heteroatoms. The minimum Gasteiger partial charge on any atom is -0.478 e. The Morgan fingerprint density at radius 3 is 2.18 bits per heavy atom. The lowest BCUT2D eigenvalue weighted by Gasteiger charge is -2.10. The predicted octanol–water partition coefficient (Wildman–Crippen LogP) is 2.49. The number of esters is 2. The highest BCUT2D eigenvalue weighted by molar-refractivity contribution is 5.94. The number of carbonyl (C=O) groups excluding carboxylic acids is 2. The lowest BCUT2D eigenvalue weighted by molar-refractivity contribution is -0.140. The largest absolute Gasteiger partial charge is 0.478 e. The number of carboxylic acids is 1. The van der Waals surface area contributed by atoms with Crippen LogP contribution in [-0.2, 0) is 20.9 Å². The first kappa shape index (κ1) is 17.2. The van der Waals surface area contributed by atoms with Crippen LogP contribution in [0.15, 0.2) is 42.5 Å². The Hall–Kier alpha value is -2.89. The zero-order chi connectivity index (χ0) is 16.9. The molecule has 1 aromatic rings. The second-order valence-electron chi connectivity index (χ2n) is 4.66. The monoisotopic (exact) mass is 304 g/mol. The van der Waals surface area contributed by atoms with Crippen molar-refractivity contribution in [2.75, 3.05) is 0 Å². The van der Waals surface area contributed by atoms with E-state index < -0.39 is 17.9 Å². The van der Waals surface area contributed by atoms with Crippen molar-refractivity contribution in [2.45, 2.75) is 20.5 Å². The zero-order valence-electron chi connectivity index (χ0n) is 12.3. The van der Waals surface area contributed by atoms with E-state index in [0.717, 1.165) is 0 Å². The summed E-state index contributed by atoms with van der Waals surface area (Å²) in [6.07, 6.45) is 0. The van der Waals surface area contributed by atoms with Crippen LogP contribution in [0, 0.1) is 0 Å². The molecule has 0 heterocycles. The zero-order valence-corrected chi connectivity index (χ0v) is 12.3. The molecule has 1 rings (SSSR count). The van der Waals surface area contributed by atoms with Crippen molar-refractivity contribution in [2.24, 2.45) is 0 Å². The molecule has 0 fully saturated rings. The number of rotatable bonds is 6. The number of aromatic carboxylic acids is 1. The second-order valence-corrected chi connectivity index (χ2v) is 4.66. The van der Waals surface area contributed by atoms with E-state index in [9.17, 15) is 14.4 Å². The molecule has 116 valence electrons. The maximum absolute atomic E-state index is 11.5. The molecule has 0 bridgehead atoms. The average molecular weight is 304 g/mol. The lowest BCUT2D eigenvalue weighted by atomic mass is 10.1. The SMILES string of the molecule is C=C(C)C(=O)OCc1ccc(C(=O)O)c(OC(=O)C(=C)C)c1. The van der Waals surface area contributed by atoms with Gasteiger partial charge < -0.3 is 14.6 Å². The van der Waals surface area contributed by atoms with Gasteiger partial charge in [-0.25, -0.2) is 14.4 Å². The highest BCUT2D eigenvalue weighted by atomic mass is 16.5. The van der Waals surface area contributed by atoms with E-state index in [-0.39, 0.29) is 29.1 Å². The molecule has 22 heavy (non-hydrogen) atoms. The number of carboxylic acid groups (broad SMARTS) is 1. The van der Waals surface area contributed by atoms with Crippen LogP contribution in [0.4, 0.5) is 0 Å². The highest BCUT2D eigenvalue weighted by Gasteiger charge is 2.16. The van der Waals surface area contributed by atoms with Crippen LogP contribution in [0.1, 0.15) is 29.8 Å². The Morgan fingerprint density at radius 1 is 1.09 bits per heavy atom. The van der Waals surface area contributed by atoms with Crippen molar-refractivity contribution >= 4 is 17.9 Å². The van der Waals surface area contributed by atoms with E-state index >= 15 is 0 Å². The first-order valence-electron chi connectivity index (χ1n) is 6.29. The quantitative estimate of drug-likeness (QED) is 0.493. The third-order valence-corrected chi connectivity index (χ3v) is 2.55. The van der Waals surface area contributed by atoms with Gasteiger partial charge in [-0.1, -0.05) is 19.2 Å². The van der Waals surface area contributed by atoms with E-state index in [4.69, 9.17) is 14.6 Å². The minimum absolute atomic E-state index is 0.0940. The molecule has 0 amide bonds. The Labute approximate surface area is 127 Å². The summed E-state index contributed by atoms with van der Waals surface area (Å²) in [5, 5.41) is 9.09. The normalized spacial score (nSPS) is 9.73. The van der Waals surface area contributed by atoms with Gasteiger partial charge in [-0.15, -0.1) is 0 Å². The molecule has 0 aromatic heterocycles. The topological polar surface area (TPSA) is 89.9 Å². The maximum atomic E-state index is 11.5. The molecule has 0 aliphatic carbocycles. The molecule has 0 radical (unpaired) electrons. The summed E-state index contributed by atoms with van der Waals surface area (Å²) >= 11 is 0. The third-order valence-electron chi connectivity index (χ3n) is 2.55. The predicted molar refractivity (Wildman–Crippen MR) is 78.5 cm³/mol. The Kier molecular flexibility index (Phi) is 5.63. The van der Waals surface area contributed by atoms with Crippen molar-refractivity contribution in [3.05, 3.63) is 53.6 Å². The first-order valence-corrected chi connectivity index (χ1v) is 6.29. The summed E-state index contributed by atoms with van der Waals surface area (Å²) < 4.78 is 9.94. The Balaban J connectivity index is 3.01.